The van der Waals surface area contributed by atoms with Crippen LogP contribution in [0.5, 0.6) is 0 Å². The highest BCUT2D eigenvalue weighted by Crippen LogP contribution is 2.29. The third-order valence-corrected chi connectivity index (χ3v) is 4.36. The van der Waals surface area contributed by atoms with Gasteiger partial charge < -0.3 is 26.2 Å². The van der Waals surface area contributed by atoms with Crippen LogP contribution in [0, 0.1) is 0 Å². The van der Waals surface area contributed by atoms with Gasteiger partial charge in [0.05, 0.1) is 42.6 Å². The average molecular weight is 460 g/mol. The fraction of sp³-hybridized carbons (Fsp3) is 0.478. The lowest BCUT2D eigenvalue weighted by molar-refractivity contribution is -0.106. The normalized spacial score (nSPS) is 13.0. The van der Waals surface area contributed by atoms with Gasteiger partial charge in [0.2, 0.25) is 12.4 Å². The van der Waals surface area contributed by atoms with Crippen LogP contribution in [0.3, 0.4) is 0 Å². The molecule has 1 fully saturated rings. The van der Waals surface area contributed by atoms with Gasteiger partial charge >= 0.3 is 0 Å². The number of hydrogen-bond donors (Lipinski definition) is 3. The lowest BCUT2D eigenvalue weighted by atomic mass is 10.1. The van der Waals surface area contributed by atoms with Crippen molar-refractivity contribution in [2.24, 2.45) is 11.5 Å². The van der Waals surface area contributed by atoms with E-state index in [2.05, 4.69) is 21.5 Å². The van der Waals surface area contributed by atoms with Crippen LogP contribution in [0.2, 0.25) is 0 Å². The van der Waals surface area contributed by atoms with E-state index in [0.717, 1.165) is 35.4 Å². The summed E-state index contributed by atoms with van der Waals surface area (Å²) >= 11 is 0. The Labute approximate surface area is 195 Å². The minimum atomic E-state index is -0.879. The topological polar surface area (TPSA) is 145 Å². The quantitative estimate of drug-likeness (QED) is 0.501. The highest BCUT2D eigenvalue weighted by molar-refractivity contribution is 5.91. The fourth-order valence-corrected chi connectivity index (χ4v) is 3.15. The van der Waals surface area contributed by atoms with Gasteiger partial charge in [-0.25, -0.2) is 9.67 Å². The molecule has 33 heavy (non-hydrogen) atoms. The van der Waals surface area contributed by atoms with E-state index in [4.69, 9.17) is 19.5 Å². The van der Waals surface area contributed by atoms with E-state index in [1.165, 1.54) is 7.05 Å². The van der Waals surface area contributed by atoms with Gasteiger partial charge in [0.15, 0.2) is 5.65 Å². The zero-order valence-electron chi connectivity index (χ0n) is 20.2. The Morgan fingerprint density at radius 1 is 1.12 bits per heavy atom. The van der Waals surface area contributed by atoms with Gasteiger partial charge in [0, 0.05) is 18.7 Å². The summed E-state index contributed by atoms with van der Waals surface area (Å²) in [5, 5.41) is 15.6. The Hall–Kier alpha value is -3.08. The Kier molecular flexibility index (Phi) is 12.0. The predicted molar refractivity (Wildman–Crippen MR) is 132 cm³/mol. The molecular weight excluding hydrogens is 422 g/mol. The maximum atomic E-state index is 10.2. The van der Waals surface area contributed by atoms with Crippen molar-refractivity contribution < 1.29 is 14.6 Å². The summed E-state index contributed by atoms with van der Waals surface area (Å²) in [6.07, 6.45) is 2.03. The number of aliphatic hydroxyl groups is 1. The van der Waals surface area contributed by atoms with E-state index in [1.54, 1.807) is 24.7 Å². The zero-order valence-corrected chi connectivity index (χ0v) is 20.2. The number of aromatic nitrogens is 4. The molecule has 1 aromatic carbocycles. The zero-order chi connectivity index (χ0) is 24.9. The molecule has 4 rings (SSSR count). The second-order valence-electron chi connectivity index (χ2n) is 7.33. The number of morpholine rings is 1. The van der Waals surface area contributed by atoms with Gasteiger partial charge in [-0.2, -0.15) is 10.1 Å². The maximum Gasteiger partial charge on any atom is 0.228 e. The van der Waals surface area contributed by atoms with Crippen molar-refractivity contribution in [1.29, 1.82) is 0 Å². The lowest BCUT2D eigenvalue weighted by Gasteiger charge is -2.27. The number of rotatable bonds is 4. The minimum Gasteiger partial charge on any atom is -0.389 e. The molecule has 10 heteroatoms. The second-order valence-corrected chi connectivity index (χ2v) is 7.33. The Morgan fingerprint density at radius 3 is 2.24 bits per heavy atom. The number of nitrogens with zero attached hydrogens (tertiary/aromatic N) is 5. The van der Waals surface area contributed by atoms with Gasteiger partial charge in [0.25, 0.3) is 0 Å². The number of anilines is 1. The molecule has 0 bridgehead atoms. The highest BCUT2D eigenvalue weighted by atomic mass is 16.5. The third kappa shape index (κ3) is 8.08. The maximum absolute atomic E-state index is 10.2. The molecule has 5 N–H and O–H groups in total. The van der Waals surface area contributed by atoms with Gasteiger partial charge in [-0.05, 0) is 20.9 Å². The van der Waals surface area contributed by atoms with Gasteiger partial charge in [-0.15, -0.1) is 0 Å². The highest BCUT2D eigenvalue weighted by Gasteiger charge is 2.22. The molecule has 1 saturated heterocycles. The number of nitrogens with two attached hydrogens (primary N) is 2. The summed E-state index contributed by atoms with van der Waals surface area (Å²) in [5.74, 6) is 0.678. The van der Waals surface area contributed by atoms with Gasteiger partial charge in [-0.3, -0.25) is 4.79 Å². The SMILES string of the molecule is CC.CC(C)(O)Cn1ncc2c(-c3ccccc3)nc(N3CCOCC3)nc21.CN.NC=O. The first-order chi connectivity index (χ1) is 15.9. The summed E-state index contributed by atoms with van der Waals surface area (Å²) in [7, 11) is 1.50. The van der Waals surface area contributed by atoms with Crippen LogP contribution in [0.1, 0.15) is 27.7 Å². The van der Waals surface area contributed by atoms with Crippen LogP contribution in [0.15, 0.2) is 36.5 Å². The number of primary amides is 1. The molecule has 3 aromatic rings. The van der Waals surface area contributed by atoms with Crippen molar-refractivity contribution in [3.05, 3.63) is 36.5 Å². The number of ether oxygens (including phenoxy) is 1. The van der Waals surface area contributed by atoms with E-state index in [9.17, 15) is 5.11 Å². The second kappa shape index (κ2) is 14.1. The molecule has 3 heterocycles. The van der Waals surface area contributed by atoms with Crippen LogP contribution in [0.4, 0.5) is 5.95 Å². The molecule has 0 radical (unpaired) electrons. The first-order valence-electron chi connectivity index (χ1n) is 11.0. The number of carbonyl (C=O) groups is 1. The van der Waals surface area contributed by atoms with E-state index in [0.29, 0.717) is 25.7 Å². The van der Waals surface area contributed by atoms with Crippen LogP contribution >= 0.6 is 0 Å². The number of carbonyl (C=O) groups excluding carboxylic acids is 1. The molecule has 0 spiro atoms. The van der Waals surface area contributed by atoms with Crippen LogP contribution in [-0.4, -0.2) is 70.2 Å². The predicted octanol–water partition coefficient (Wildman–Crippen LogP) is 1.80. The fourth-order valence-electron chi connectivity index (χ4n) is 3.15. The summed E-state index contributed by atoms with van der Waals surface area (Å²) in [6.45, 7) is 10.8. The third-order valence-electron chi connectivity index (χ3n) is 4.36. The summed E-state index contributed by atoms with van der Waals surface area (Å²) in [6, 6.07) is 10.1. The Balaban J connectivity index is 0.000000705. The lowest BCUT2D eigenvalue weighted by Crippen LogP contribution is -2.37. The van der Waals surface area contributed by atoms with Crippen molar-refractivity contribution in [1.82, 2.24) is 19.7 Å². The van der Waals surface area contributed by atoms with Crippen molar-refractivity contribution >= 4 is 23.4 Å². The van der Waals surface area contributed by atoms with Gasteiger partial charge in [0.1, 0.15) is 0 Å². The number of hydrogen-bond acceptors (Lipinski definition) is 8. The molecule has 0 aliphatic carbocycles. The first-order valence-corrected chi connectivity index (χ1v) is 11.0. The molecule has 0 unspecified atom stereocenters. The molecule has 1 amide bonds. The molecule has 2 aromatic heterocycles. The van der Waals surface area contributed by atoms with Gasteiger partial charge in [-0.1, -0.05) is 44.2 Å². The van der Waals surface area contributed by atoms with Crippen LogP contribution in [0.25, 0.3) is 22.3 Å². The average Bonchev–Trinajstić information content (AvgIpc) is 3.24. The van der Waals surface area contributed by atoms with Crippen molar-refractivity contribution in [3.63, 3.8) is 0 Å². The van der Waals surface area contributed by atoms with Crippen molar-refractivity contribution in [2.45, 2.75) is 39.8 Å². The number of amides is 1. The molecule has 1 aliphatic heterocycles. The molecule has 182 valence electrons. The monoisotopic (exact) mass is 459 g/mol. The molecule has 0 saturated carbocycles. The van der Waals surface area contributed by atoms with Crippen molar-refractivity contribution in [2.75, 3.05) is 38.3 Å². The number of fused-ring (bicyclic) bond motifs is 1. The summed E-state index contributed by atoms with van der Waals surface area (Å²) in [5.41, 5.74) is 10.4. The smallest absolute Gasteiger partial charge is 0.228 e. The van der Waals surface area contributed by atoms with E-state index >= 15 is 0 Å². The van der Waals surface area contributed by atoms with E-state index in [-0.39, 0.29) is 6.41 Å². The molecule has 1 aliphatic rings. The Morgan fingerprint density at radius 2 is 1.70 bits per heavy atom. The minimum absolute atomic E-state index is 0.250. The van der Waals surface area contributed by atoms with Crippen molar-refractivity contribution in [3.8, 4) is 11.3 Å². The van der Waals surface area contributed by atoms with E-state index in [1.807, 2.05) is 44.2 Å². The van der Waals surface area contributed by atoms with Crippen LogP contribution in [-0.2, 0) is 16.1 Å². The number of benzene rings is 1. The molecular formula is C23H37N7O3. The van der Waals surface area contributed by atoms with E-state index < -0.39 is 5.60 Å². The standard InChI is InChI=1S/C19H23N5O2.C2H6.CH3NO.CH5N/c1-19(2,25)13-24-17-15(12-20-24)16(14-6-4-3-5-7-14)21-18(22-17)23-8-10-26-11-9-23;1-2;2-1-3;1-2/h3-7,12,25H,8-11,13H2,1-2H3;1-2H3;1H,(H2,2,3);2H2,1H3. The van der Waals surface area contributed by atoms with Crippen LogP contribution < -0.4 is 16.4 Å². The molecule has 10 nitrogen and oxygen atoms in total. The first kappa shape index (κ1) is 28.0. The summed E-state index contributed by atoms with van der Waals surface area (Å²) in [4.78, 5) is 20.3. The largest absolute Gasteiger partial charge is 0.389 e. The summed E-state index contributed by atoms with van der Waals surface area (Å²) < 4.78 is 7.21. The molecule has 0 atom stereocenters. The Bertz CT molecular complexity index is 950.